The maximum Gasteiger partial charge on any atom is 0.322 e. The second-order valence-corrected chi connectivity index (χ2v) is 6.14. The van der Waals surface area contributed by atoms with Crippen LogP contribution in [0.3, 0.4) is 0 Å². The number of nitrogens with one attached hydrogen (secondary N) is 2. The monoisotopic (exact) mass is 312 g/mol. The third-order valence-electron chi connectivity index (χ3n) is 4.64. The summed E-state index contributed by atoms with van der Waals surface area (Å²) >= 11 is 0. The number of ether oxygens (including phenoxy) is 1. The summed E-state index contributed by atoms with van der Waals surface area (Å²) in [6.07, 6.45) is 6.84. The summed E-state index contributed by atoms with van der Waals surface area (Å²) in [6.45, 7) is 2.06. The Kier molecular flexibility index (Phi) is 3.75. The van der Waals surface area contributed by atoms with Gasteiger partial charge in [-0.1, -0.05) is 6.07 Å². The smallest absolute Gasteiger partial charge is 0.322 e. The summed E-state index contributed by atoms with van der Waals surface area (Å²) in [5, 5.41) is 9.89. The van der Waals surface area contributed by atoms with E-state index in [4.69, 9.17) is 4.74 Å². The molecule has 120 valence electrons. The minimum absolute atomic E-state index is 0.0465. The molecule has 2 aromatic rings. The Balaban J connectivity index is 1.51. The van der Waals surface area contributed by atoms with E-state index in [-0.39, 0.29) is 12.1 Å². The number of amides is 2. The molecule has 0 spiro atoms. The first kappa shape index (κ1) is 14.3. The fourth-order valence-electron chi connectivity index (χ4n) is 3.41. The quantitative estimate of drug-likeness (QED) is 0.894. The first-order chi connectivity index (χ1) is 11.3. The summed E-state index contributed by atoms with van der Waals surface area (Å²) in [5.74, 6) is 0. The molecule has 0 radical (unpaired) electrons. The largest absolute Gasteiger partial charge is 0.372 e. The number of benzene rings is 1. The van der Waals surface area contributed by atoms with Gasteiger partial charge in [0, 0.05) is 24.0 Å². The van der Waals surface area contributed by atoms with E-state index in [1.165, 1.54) is 5.56 Å². The maximum absolute atomic E-state index is 12.7. The van der Waals surface area contributed by atoms with Crippen LogP contribution < -0.4 is 5.32 Å². The molecule has 6 heteroatoms. The van der Waals surface area contributed by atoms with Gasteiger partial charge in [-0.2, -0.15) is 5.10 Å². The van der Waals surface area contributed by atoms with Gasteiger partial charge in [0.1, 0.15) is 0 Å². The molecule has 6 nitrogen and oxygen atoms in total. The Hall–Kier alpha value is -2.34. The standard InChI is InChI=1S/C17H20N4O2/c22-17(20-15-5-4-12-10-23-11-13(12)7-15)21-6-2-1-3-16(21)14-8-18-19-9-14/h4-5,7-9,16H,1-3,6,10-11H2,(H,18,19)(H,20,22)/t16-/m1/s1. The van der Waals surface area contributed by atoms with Crippen LogP contribution >= 0.6 is 0 Å². The summed E-state index contributed by atoms with van der Waals surface area (Å²) < 4.78 is 5.42. The van der Waals surface area contributed by atoms with Crippen LogP contribution in [0.4, 0.5) is 10.5 Å². The highest BCUT2D eigenvalue weighted by Crippen LogP contribution is 2.31. The molecule has 2 aliphatic heterocycles. The van der Waals surface area contributed by atoms with Crippen molar-refractivity contribution >= 4 is 11.7 Å². The average molecular weight is 312 g/mol. The minimum atomic E-state index is -0.0465. The highest BCUT2D eigenvalue weighted by molar-refractivity contribution is 5.89. The first-order valence-corrected chi connectivity index (χ1v) is 8.07. The lowest BCUT2D eigenvalue weighted by Gasteiger charge is -2.35. The number of H-pyrrole nitrogens is 1. The van der Waals surface area contributed by atoms with Crippen LogP contribution in [-0.4, -0.2) is 27.7 Å². The van der Waals surface area contributed by atoms with Gasteiger partial charge in [-0.25, -0.2) is 4.79 Å². The molecule has 1 atom stereocenters. The molecule has 0 saturated carbocycles. The van der Waals surface area contributed by atoms with Crippen molar-refractivity contribution in [2.45, 2.75) is 38.5 Å². The van der Waals surface area contributed by atoms with Gasteiger partial charge in [0.2, 0.25) is 0 Å². The molecule has 1 aromatic carbocycles. The maximum atomic E-state index is 12.7. The fraction of sp³-hybridized carbons (Fsp3) is 0.412. The van der Waals surface area contributed by atoms with Gasteiger partial charge in [0.15, 0.2) is 0 Å². The van der Waals surface area contributed by atoms with Crippen LogP contribution in [-0.2, 0) is 18.0 Å². The number of hydrogen-bond donors (Lipinski definition) is 2. The van der Waals surface area contributed by atoms with Gasteiger partial charge in [-0.15, -0.1) is 0 Å². The summed E-state index contributed by atoms with van der Waals surface area (Å²) in [7, 11) is 0. The number of anilines is 1. The second kappa shape index (κ2) is 6.04. The van der Waals surface area contributed by atoms with Crippen LogP contribution in [0.5, 0.6) is 0 Å². The van der Waals surface area contributed by atoms with Gasteiger partial charge >= 0.3 is 6.03 Å². The van der Waals surface area contributed by atoms with Crippen LogP contribution in [0.15, 0.2) is 30.6 Å². The number of aromatic nitrogens is 2. The molecule has 1 aromatic heterocycles. The number of urea groups is 1. The number of nitrogens with zero attached hydrogens (tertiary/aromatic N) is 2. The van der Waals surface area contributed by atoms with Crippen LogP contribution in [0, 0.1) is 0 Å². The van der Waals surface area contributed by atoms with Gasteiger partial charge < -0.3 is 15.0 Å². The van der Waals surface area contributed by atoms with Gasteiger partial charge in [-0.3, -0.25) is 5.10 Å². The Bertz CT molecular complexity index is 699. The number of rotatable bonds is 2. The van der Waals surface area contributed by atoms with Crippen LogP contribution in [0.25, 0.3) is 0 Å². The lowest BCUT2D eigenvalue weighted by Crippen LogP contribution is -2.41. The number of aromatic amines is 1. The second-order valence-electron chi connectivity index (χ2n) is 6.14. The molecule has 1 fully saturated rings. The molecule has 0 bridgehead atoms. The van der Waals surface area contributed by atoms with E-state index < -0.39 is 0 Å². The molecule has 0 unspecified atom stereocenters. The molecule has 3 heterocycles. The molecular weight excluding hydrogens is 292 g/mol. The summed E-state index contributed by atoms with van der Waals surface area (Å²) in [4.78, 5) is 14.6. The summed E-state index contributed by atoms with van der Waals surface area (Å²) in [6, 6.07) is 6.04. The highest BCUT2D eigenvalue weighted by Gasteiger charge is 2.28. The van der Waals surface area contributed by atoms with E-state index in [0.717, 1.165) is 42.6 Å². The van der Waals surface area contributed by atoms with Crippen molar-refractivity contribution in [2.75, 3.05) is 11.9 Å². The zero-order valence-corrected chi connectivity index (χ0v) is 12.9. The lowest BCUT2D eigenvalue weighted by molar-refractivity contribution is 0.134. The van der Waals surface area contributed by atoms with Crippen molar-refractivity contribution in [1.82, 2.24) is 15.1 Å². The Morgan fingerprint density at radius 1 is 1.30 bits per heavy atom. The average Bonchev–Trinajstić information content (AvgIpc) is 3.26. The normalized spacial score (nSPS) is 20.3. The van der Waals surface area contributed by atoms with Crippen molar-refractivity contribution in [2.24, 2.45) is 0 Å². The number of carbonyl (C=O) groups excluding carboxylic acids is 1. The number of likely N-dealkylation sites (tertiary alicyclic amines) is 1. The van der Waals surface area contributed by atoms with Crippen LogP contribution in [0.1, 0.15) is 42.0 Å². The third kappa shape index (κ3) is 2.82. The van der Waals surface area contributed by atoms with Crippen molar-refractivity contribution in [1.29, 1.82) is 0 Å². The molecule has 23 heavy (non-hydrogen) atoms. The molecule has 1 saturated heterocycles. The van der Waals surface area contributed by atoms with E-state index >= 15 is 0 Å². The van der Waals surface area contributed by atoms with E-state index in [0.29, 0.717) is 13.2 Å². The van der Waals surface area contributed by atoms with E-state index in [9.17, 15) is 4.79 Å². The molecular formula is C17H20N4O2. The zero-order chi connectivity index (χ0) is 15.6. The minimum Gasteiger partial charge on any atom is -0.372 e. The fourth-order valence-corrected chi connectivity index (χ4v) is 3.41. The number of piperidine rings is 1. The Morgan fingerprint density at radius 2 is 2.22 bits per heavy atom. The van der Waals surface area contributed by atoms with E-state index in [1.807, 2.05) is 35.5 Å². The zero-order valence-electron chi connectivity index (χ0n) is 12.9. The molecule has 2 amide bonds. The number of hydrogen-bond acceptors (Lipinski definition) is 3. The van der Waals surface area contributed by atoms with E-state index in [2.05, 4.69) is 15.5 Å². The van der Waals surface area contributed by atoms with Crippen molar-refractivity contribution in [3.63, 3.8) is 0 Å². The Labute approximate surface area is 134 Å². The molecule has 4 rings (SSSR count). The van der Waals surface area contributed by atoms with Crippen molar-refractivity contribution in [3.05, 3.63) is 47.3 Å². The lowest BCUT2D eigenvalue weighted by atomic mass is 9.98. The Morgan fingerprint density at radius 3 is 3.09 bits per heavy atom. The van der Waals surface area contributed by atoms with Gasteiger partial charge in [-0.05, 0) is 42.5 Å². The van der Waals surface area contributed by atoms with Crippen LogP contribution in [0.2, 0.25) is 0 Å². The number of fused-ring (bicyclic) bond motifs is 1. The molecule has 2 N–H and O–H groups in total. The predicted molar refractivity (Wildman–Crippen MR) is 85.8 cm³/mol. The van der Waals surface area contributed by atoms with Gasteiger partial charge in [0.25, 0.3) is 0 Å². The number of carbonyl (C=O) groups is 1. The third-order valence-corrected chi connectivity index (χ3v) is 4.64. The summed E-state index contributed by atoms with van der Waals surface area (Å²) in [5.41, 5.74) is 4.27. The first-order valence-electron chi connectivity index (χ1n) is 8.07. The topological polar surface area (TPSA) is 70.2 Å². The van der Waals surface area contributed by atoms with E-state index in [1.54, 1.807) is 0 Å². The van der Waals surface area contributed by atoms with Gasteiger partial charge in [0.05, 0.1) is 25.5 Å². The van der Waals surface area contributed by atoms with Crippen molar-refractivity contribution in [3.8, 4) is 0 Å². The SMILES string of the molecule is O=C(Nc1ccc2c(c1)COC2)N1CCCC[C@@H]1c1cn[nH]c1. The molecule has 0 aliphatic carbocycles. The molecule has 2 aliphatic rings. The van der Waals surface area contributed by atoms with Crippen molar-refractivity contribution < 1.29 is 9.53 Å². The predicted octanol–water partition coefficient (Wildman–Crippen LogP) is 3.20. The highest BCUT2D eigenvalue weighted by atomic mass is 16.5.